The fourth-order valence-corrected chi connectivity index (χ4v) is 6.50. The van der Waals surface area contributed by atoms with E-state index in [1.54, 1.807) is 29.2 Å². The van der Waals surface area contributed by atoms with Gasteiger partial charge in [-0.1, -0.05) is 41.7 Å². The smallest absolute Gasteiger partial charge is 0.270 e. The molecule has 0 atom stereocenters. The highest BCUT2D eigenvalue weighted by Crippen LogP contribution is 2.32. The number of benzene rings is 2. The molecule has 4 aromatic rings. The Balaban J connectivity index is 1.47. The highest BCUT2D eigenvalue weighted by atomic mass is 32.2. The minimum Gasteiger partial charge on any atom is -0.356 e. The summed E-state index contributed by atoms with van der Waals surface area (Å²) in [5.74, 6) is -0.591. The van der Waals surface area contributed by atoms with Gasteiger partial charge in [-0.2, -0.15) is 0 Å². The largest absolute Gasteiger partial charge is 0.356 e. The topological polar surface area (TPSA) is 103 Å². The number of thiazole rings is 1. The third kappa shape index (κ3) is 4.22. The quantitative estimate of drug-likeness (QED) is 0.392. The number of nitrogens with one attached hydrogen (secondary N) is 1. The monoisotopic (exact) mass is 494 g/mol. The number of hydrogen-bond donors (Lipinski definition) is 1. The van der Waals surface area contributed by atoms with E-state index < -0.39 is 22.4 Å². The maximum atomic E-state index is 13.5. The number of hydrogen-bond acceptors (Lipinski definition) is 6. The number of aromatic amines is 1. The summed E-state index contributed by atoms with van der Waals surface area (Å²) in [6.45, 7) is 0.954. The molecule has 8 nitrogen and oxygen atoms in total. The van der Waals surface area contributed by atoms with Crippen molar-refractivity contribution in [2.45, 2.75) is 17.7 Å². The number of amides is 1. The fraction of sp³-hybridized carbons (Fsp3) is 0.208. The number of sulfonamides is 1. The third-order valence-corrected chi connectivity index (χ3v) is 8.67. The molecule has 0 spiro atoms. The van der Waals surface area contributed by atoms with E-state index in [1.165, 1.54) is 35.7 Å². The van der Waals surface area contributed by atoms with Crippen LogP contribution < -0.4 is 4.31 Å². The number of fused-ring (bicyclic) bond motifs is 1. The number of H-pyrrole nitrogens is 1. The zero-order chi connectivity index (χ0) is 23.7. The van der Waals surface area contributed by atoms with Gasteiger partial charge >= 0.3 is 0 Å². The summed E-state index contributed by atoms with van der Waals surface area (Å²) >= 11 is 1.21. The lowest BCUT2D eigenvalue weighted by atomic mass is 10.2. The molecule has 1 N–H and O–H groups in total. The zero-order valence-electron chi connectivity index (χ0n) is 18.2. The Bertz CT molecular complexity index is 1420. The molecule has 10 heteroatoms. The van der Waals surface area contributed by atoms with Crippen molar-refractivity contribution in [3.05, 3.63) is 78.1 Å². The van der Waals surface area contributed by atoms with Crippen LogP contribution in [0.3, 0.4) is 0 Å². The van der Waals surface area contributed by atoms with Gasteiger partial charge in [-0.05, 0) is 43.2 Å². The van der Waals surface area contributed by atoms with Crippen LogP contribution in [-0.4, -0.2) is 54.6 Å². The number of anilines is 1. The molecule has 1 saturated heterocycles. The SMILES string of the molecule is O=C(CN(c1nc2ccccc2s1)S(=O)(=O)c1ccccc1)c1c[nH]c(C(=O)N2CCCC2)c1. The Morgan fingerprint density at radius 3 is 2.47 bits per heavy atom. The van der Waals surface area contributed by atoms with Gasteiger partial charge in [-0.3, -0.25) is 9.59 Å². The number of nitrogens with zero attached hydrogens (tertiary/aromatic N) is 3. The summed E-state index contributed by atoms with van der Waals surface area (Å²) in [4.78, 5) is 35.0. The van der Waals surface area contributed by atoms with Crippen LogP contribution in [0.4, 0.5) is 5.13 Å². The van der Waals surface area contributed by atoms with E-state index in [0.717, 1.165) is 21.8 Å². The lowest BCUT2D eigenvalue weighted by Crippen LogP contribution is -2.35. The zero-order valence-corrected chi connectivity index (χ0v) is 19.8. The molecular weight excluding hydrogens is 472 g/mol. The molecule has 0 aliphatic carbocycles. The molecule has 2 aromatic heterocycles. The average molecular weight is 495 g/mol. The van der Waals surface area contributed by atoms with Gasteiger partial charge in [0.05, 0.1) is 15.1 Å². The van der Waals surface area contributed by atoms with E-state index in [0.29, 0.717) is 24.3 Å². The van der Waals surface area contributed by atoms with E-state index in [-0.39, 0.29) is 21.5 Å². The first-order valence-electron chi connectivity index (χ1n) is 10.9. The maximum absolute atomic E-state index is 13.5. The van der Waals surface area contributed by atoms with Crippen LogP contribution in [0.5, 0.6) is 0 Å². The van der Waals surface area contributed by atoms with Crippen LogP contribution in [0.1, 0.15) is 33.7 Å². The Kier molecular flexibility index (Phi) is 5.93. The summed E-state index contributed by atoms with van der Waals surface area (Å²) in [7, 11) is -4.05. The first-order valence-corrected chi connectivity index (χ1v) is 13.1. The number of carbonyl (C=O) groups excluding carboxylic acids is 2. The van der Waals surface area contributed by atoms with Crippen molar-refractivity contribution < 1.29 is 18.0 Å². The lowest BCUT2D eigenvalue weighted by Gasteiger charge is -2.20. The number of aromatic nitrogens is 2. The first-order chi connectivity index (χ1) is 16.4. The maximum Gasteiger partial charge on any atom is 0.270 e. The van der Waals surface area contributed by atoms with Gasteiger partial charge in [0.1, 0.15) is 12.2 Å². The molecule has 5 rings (SSSR count). The molecule has 1 aliphatic heterocycles. The standard InChI is InChI=1S/C24H22N4O4S2/c29-21(17-14-20(25-15-17)23(30)27-12-6-7-13-27)16-28(34(31,32)18-8-2-1-3-9-18)24-26-19-10-4-5-11-22(19)33-24/h1-5,8-11,14-15,25H,6-7,12-13,16H2. The predicted molar refractivity (Wildman–Crippen MR) is 131 cm³/mol. The number of para-hydroxylation sites is 1. The van der Waals surface area contributed by atoms with Crippen LogP contribution in [-0.2, 0) is 10.0 Å². The minimum atomic E-state index is -4.05. The predicted octanol–water partition coefficient (Wildman–Crippen LogP) is 3.94. The number of ketones is 1. The number of likely N-dealkylation sites (tertiary alicyclic amines) is 1. The van der Waals surface area contributed by atoms with Gasteiger partial charge < -0.3 is 9.88 Å². The summed E-state index contributed by atoms with van der Waals surface area (Å²) < 4.78 is 28.9. The van der Waals surface area contributed by atoms with E-state index in [9.17, 15) is 18.0 Å². The summed E-state index contributed by atoms with van der Waals surface area (Å²) in [6.07, 6.45) is 3.39. The Hall–Kier alpha value is -3.50. The second-order valence-electron chi connectivity index (χ2n) is 8.01. The number of carbonyl (C=O) groups is 2. The Labute approximate surface area is 200 Å². The van der Waals surface area contributed by atoms with Crippen molar-refractivity contribution >= 4 is 48.4 Å². The molecule has 0 unspecified atom stereocenters. The first kappa shape index (κ1) is 22.3. The fourth-order valence-electron chi connectivity index (χ4n) is 3.93. The second kappa shape index (κ2) is 9.03. The molecule has 1 fully saturated rings. The van der Waals surface area contributed by atoms with Crippen LogP contribution >= 0.6 is 11.3 Å². The van der Waals surface area contributed by atoms with Crippen LogP contribution in [0, 0.1) is 0 Å². The van der Waals surface area contributed by atoms with Crippen molar-refractivity contribution in [3.8, 4) is 0 Å². The molecule has 0 bridgehead atoms. The summed E-state index contributed by atoms with van der Waals surface area (Å²) in [5, 5.41) is 0.210. The molecule has 174 valence electrons. The molecular formula is C24H22N4O4S2. The van der Waals surface area contributed by atoms with Crippen molar-refractivity contribution in [2.75, 3.05) is 23.9 Å². The van der Waals surface area contributed by atoms with Crippen molar-refractivity contribution in [3.63, 3.8) is 0 Å². The number of Topliss-reactive ketones (excluding diaryl/α,β-unsaturated/α-hetero) is 1. The molecule has 0 saturated carbocycles. The summed E-state index contributed by atoms with van der Waals surface area (Å²) in [5.41, 5.74) is 1.22. The van der Waals surface area contributed by atoms with Crippen molar-refractivity contribution in [1.29, 1.82) is 0 Å². The second-order valence-corrected chi connectivity index (χ2v) is 10.9. The van der Waals surface area contributed by atoms with Gasteiger partial charge in [-0.15, -0.1) is 0 Å². The van der Waals surface area contributed by atoms with E-state index in [2.05, 4.69) is 9.97 Å². The number of rotatable bonds is 7. The van der Waals surface area contributed by atoms with Gasteiger partial charge in [-0.25, -0.2) is 17.7 Å². The van der Waals surface area contributed by atoms with E-state index in [4.69, 9.17) is 0 Å². The Morgan fingerprint density at radius 2 is 1.74 bits per heavy atom. The van der Waals surface area contributed by atoms with Gasteiger partial charge in [0.25, 0.3) is 15.9 Å². The van der Waals surface area contributed by atoms with Crippen LogP contribution in [0.15, 0.2) is 71.8 Å². The minimum absolute atomic E-state index is 0.0704. The van der Waals surface area contributed by atoms with E-state index >= 15 is 0 Å². The highest BCUT2D eigenvalue weighted by Gasteiger charge is 2.31. The molecule has 0 radical (unpaired) electrons. The molecule has 34 heavy (non-hydrogen) atoms. The third-order valence-electron chi connectivity index (χ3n) is 5.74. The Morgan fingerprint density at radius 1 is 1.03 bits per heavy atom. The summed E-state index contributed by atoms with van der Waals surface area (Å²) in [6, 6.07) is 16.8. The molecule has 1 aliphatic rings. The molecule has 3 heterocycles. The van der Waals surface area contributed by atoms with E-state index in [1.807, 2.05) is 18.2 Å². The lowest BCUT2D eigenvalue weighted by molar-refractivity contribution is 0.0787. The highest BCUT2D eigenvalue weighted by molar-refractivity contribution is 7.93. The van der Waals surface area contributed by atoms with Gasteiger partial charge in [0, 0.05) is 24.8 Å². The van der Waals surface area contributed by atoms with Gasteiger partial charge in [0.15, 0.2) is 5.78 Å². The van der Waals surface area contributed by atoms with Gasteiger partial charge in [0.2, 0.25) is 5.13 Å². The molecule has 1 amide bonds. The van der Waals surface area contributed by atoms with Crippen molar-refractivity contribution in [1.82, 2.24) is 14.9 Å². The average Bonchev–Trinajstić information content (AvgIpc) is 3.62. The van der Waals surface area contributed by atoms with Crippen molar-refractivity contribution in [2.24, 2.45) is 0 Å². The van der Waals surface area contributed by atoms with Crippen LogP contribution in [0.2, 0.25) is 0 Å². The van der Waals surface area contributed by atoms with Crippen LogP contribution in [0.25, 0.3) is 10.2 Å². The molecule has 2 aromatic carbocycles. The normalized spacial score (nSPS) is 13.9.